The number of hydrogen-bond donors (Lipinski definition) is 2. The lowest BCUT2D eigenvalue weighted by molar-refractivity contribution is -0.140. The van der Waals surface area contributed by atoms with E-state index >= 15 is 0 Å². The van der Waals surface area contributed by atoms with Crippen LogP contribution in [-0.4, -0.2) is 34.3 Å². The van der Waals surface area contributed by atoms with Gasteiger partial charge < -0.3 is 10.0 Å². The normalized spacial score (nSPS) is 13.6. The van der Waals surface area contributed by atoms with Gasteiger partial charge in [-0.2, -0.15) is 0 Å². The van der Waals surface area contributed by atoms with Gasteiger partial charge in [0.15, 0.2) is 0 Å². The van der Waals surface area contributed by atoms with Gasteiger partial charge in [-0.3, -0.25) is 15.0 Å². The molecule has 230 valence electrons. The summed E-state index contributed by atoms with van der Waals surface area (Å²) in [4.78, 5) is 25.5. The van der Waals surface area contributed by atoms with Gasteiger partial charge in [0.25, 0.3) is 0 Å². The van der Waals surface area contributed by atoms with Crippen molar-refractivity contribution in [3.8, 4) is 11.1 Å². The fraction of sp³-hybridized carbons (Fsp3) is 0.447. The molecular formula is C38H50N2O3. The van der Waals surface area contributed by atoms with Gasteiger partial charge in [-0.05, 0) is 77.8 Å². The lowest BCUT2D eigenvalue weighted by atomic mass is 9.86. The topological polar surface area (TPSA) is 81.5 Å². The van der Waals surface area contributed by atoms with E-state index in [0.29, 0.717) is 31.6 Å². The molecule has 2 N–H and O–H groups in total. The van der Waals surface area contributed by atoms with Crippen LogP contribution in [0.25, 0.3) is 11.1 Å². The average molecular weight is 583 g/mol. The van der Waals surface area contributed by atoms with E-state index < -0.39 is 11.4 Å². The van der Waals surface area contributed by atoms with E-state index in [-0.39, 0.29) is 17.2 Å². The summed E-state index contributed by atoms with van der Waals surface area (Å²) in [5.74, 6) is -0.459. The number of nitrogens with zero attached hydrogens (tertiary/aromatic N) is 1. The highest BCUT2D eigenvalue weighted by atomic mass is 16.4. The molecule has 3 aromatic rings. The molecule has 1 aliphatic rings. The Balaban J connectivity index is 0.000000353. The molecule has 1 saturated carbocycles. The number of aliphatic carboxylic acids is 1. The van der Waals surface area contributed by atoms with Crippen molar-refractivity contribution in [2.24, 2.45) is 5.92 Å². The zero-order valence-electron chi connectivity index (χ0n) is 27.2. The van der Waals surface area contributed by atoms with Crippen molar-refractivity contribution in [2.75, 3.05) is 6.54 Å². The van der Waals surface area contributed by atoms with Gasteiger partial charge in [0, 0.05) is 18.9 Å². The van der Waals surface area contributed by atoms with Crippen molar-refractivity contribution in [3.05, 3.63) is 95.1 Å². The molecule has 0 atom stereocenters. The summed E-state index contributed by atoms with van der Waals surface area (Å²) in [6.07, 6.45) is 4.71. The summed E-state index contributed by atoms with van der Waals surface area (Å²) < 4.78 is 0. The van der Waals surface area contributed by atoms with Gasteiger partial charge in [0.05, 0.1) is 5.41 Å². The number of aryl methyl sites for hydroxylation is 2. The minimum Gasteiger partial charge on any atom is -0.481 e. The van der Waals surface area contributed by atoms with Crippen LogP contribution >= 0.6 is 0 Å². The Morgan fingerprint density at radius 2 is 1.51 bits per heavy atom. The molecule has 1 fully saturated rings. The van der Waals surface area contributed by atoms with Gasteiger partial charge in [0.2, 0.25) is 5.91 Å². The summed E-state index contributed by atoms with van der Waals surface area (Å²) in [5, 5.41) is 17.9. The third-order valence-electron chi connectivity index (χ3n) is 8.34. The highest BCUT2D eigenvalue weighted by Crippen LogP contribution is 2.49. The molecule has 0 unspecified atom stereocenters. The molecule has 0 aromatic heterocycles. The molecule has 5 heteroatoms. The van der Waals surface area contributed by atoms with Crippen molar-refractivity contribution in [1.82, 2.24) is 4.90 Å². The van der Waals surface area contributed by atoms with E-state index in [4.69, 9.17) is 5.41 Å². The molecule has 0 aliphatic heterocycles. The smallest absolute Gasteiger partial charge is 0.314 e. The predicted molar refractivity (Wildman–Crippen MR) is 178 cm³/mol. The first-order chi connectivity index (χ1) is 20.3. The van der Waals surface area contributed by atoms with Crippen LogP contribution in [0.2, 0.25) is 0 Å². The first-order valence-corrected chi connectivity index (χ1v) is 15.7. The second-order valence-corrected chi connectivity index (χ2v) is 13.0. The average Bonchev–Trinajstić information content (AvgIpc) is 3.80. The number of nitrogens with one attached hydrogen (secondary N) is 1. The molecule has 43 heavy (non-hydrogen) atoms. The van der Waals surface area contributed by atoms with Crippen LogP contribution in [0.3, 0.4) is 0 Å². The number of carbonyl (C=O) groups is 2. The minimum atomic E-state index is -0.738. The molecule has 1 aliphatic carbocycles. The van der Waals surface area contributed by atoms with Crippen LogP contribution in [0.15, 0.2) is 72.8 Å². The molecule has 0 bridgehead atoms. The van der Waals surface area contributed by atoms with Crippen LogP contribution in [0.1, 0.15) is 96.4 Å². The number of carboxylic acids is 1. The number of benzene rings is 3. The second kappa shape index (κ2) is 14.6. The Morgan fingerprint density at radius 3 is 2.02 bits per heavy atom. The second-order valence-electron chi connectivity index (χ2n) is 13.0. The van der Waals surface area contributed by atoms with Crippen molar-refractivity contribution < 1.29 is 14.7 Å². The third kappa shape index (κ3) is 8.89. The van der Waals surface area contributed by atoms with Crippen molar-refractivity contribution in [3.63, 3.8) is 0 Å². The monoisotopic (exact) mass is 582 g/mol. The molecule has 3 aromatic carbocycles. The summed E-state index contributed by atoms with van der Waals surface area (Å²) in [5.41, 5.74) is 6.57. The number of hydrogen-bond acceptors (Lipinski definition) is 3. The van der Waals surface area contributed by atoms with Gasteiger partial charge in [-0.1, -0.05) is 114 Å². The zero-order valence-corrected chi connectivity index (χ0v) is 27.2. The highest BCUT2D eigenvalue weighted by molar-refractivity contribution is 5.97. The fourth-order valence-electron chi connectivity index (χ4n) is 5.28. The summed E-state index contributed by atoms with van der Waals surface area (Å²) in [7, 11) is 0. The van der Waals surface area contributed by atoms with E-state index in [1.54, 1.807) is 4.90 Å². The molecule has 0 radical (unpaired) electrons. The van der Waals surface area contributed by atoms with Crippen molar-refractivity contribution in [2.45, 2.75) is 97.8 Å². The van der Waals surface area contributed by atoms with Crippen LogP contribution in [0, 0.1) is 11.3 Å². The lowest BCUT2D eigenvalue weighted by Crippen LogP contribution is -2.38. The van der Waals surface area contributed by atoms with Crippen molar-refractivity contribution in [1.29, 1.82) is 5.41 Å². The predicted octanol–water partition coefficient (Wildman–Crippen LogP) is 8.82. The molecule has 0 saturated heterocycles. The fourth-order valence-corrected chi connectivity index (χ4v) is 5.28. The van der Waals surface area contributed by atoms with Gasteiger partial charge in [-0.25, -0.2) is 0 Å². The molecule has 0 heterocycles. The minimum absolute atomic E-state index is 0.00387. The number of amidine groups is 1. The number of carboxylic acid groups (broad SMARTS) is 1. The molecule has 4 rings (SSSR count). The van der Waals surface area contributed by atoms with Gasteiger partial charge in [-0.15, -0.1) is 0 Å². The molecule has 0 spiro atoms. The van der Waals surface area contributed by atoms with Crippen LogP contribution in [0.5, 0.6) is 0 Å². The zero-order chi connectivity index (χ0) is 31.8. The van der Waals surface area contributed by atoms with E-state index in [2.05, 4.69) is 64.1 Å². The number of carbonyl (C=O) groups excluding carboxylic acids is 1. The quantitative estimate of drug-likeness (QED) is 0.185. The molecular weight excluding hydrogens is 532 g/mol. The highest BCUT2D eigenvalue weighted by Gasteiger charge is 2.51. The summed E-state index contributed by atoms with van der Waals surface area (Å²) in [6.45, 7) is 15.1. The SMILES string of the molecule is CCN(C(=N)CCCc1cccc(-c2cccc(C3(C(=O)O)CC3)c2)c1)C(=O)C(C)C.CCc1ccc(C(C)(C)C)cc1. The molecule has 1 amide bonds. The third-order valence-corrected chi connectivity index (χ3v) is 8.34. The Kier molecular flexibility index (Phi) is 11.5. The Labute approximate surface area is 258 Å². The van der Waals surface area contributed by atoms with Crippen LogP contribution in [-0.2, 0) is 33.3 Å². The Hall–Kier alpha value is -3.73. The van der Waals surface area contributed by atoms with E-state index in [1.165, 1.54) is 16.7 Å². The largest absolute Gasteiger partial charge is 0.481 e. The van der Waals surface area contributed by atoms with Crippen molar-refractivity contribution >= 4 is 17.7 Å². The standard InChI is InChI=1S/C26H32N2O3.C12H18/c1-4-28(24(29)18(2)3)23(27)13-6-9-19-8-5-10-20(16-19)21-11-7-12-22(17-21)26(14-15-26)25(30)31;1-5-10-6-8-11(9-7-10)12(2,3)4/h5,7-8,10-12,16-18,27H,4,6,9,13-15H2,1-3H3,(H,30,31);6-9H,5H2,1-4H3. The lowest BCUT2D eigenvalue weighted by Gasteiger charge is -2.23. The Bertz CT molecular complexity index is 1400. The van der Waals surface area contributed by atoms with Gasteiger partial charge >= 0.3 is 5.97 Å². The van der Waals surface area contributed by atoms with E-state index in [1.807, 2.05) is 57.2 Å². The van der Waals surface area contributed by atoms with Crippen LogP contribution in [0.4, 0.5) is 0 Å². The summed E-state index contributed by atoms with van der Waals surface area (Å²) >= 11 is 0. The van der Waals surface area contributed by atoms with Crippen LogP contribution < -0.4 is 0 Å². The number of rotatable bonds is 10. The maximum Gasteiger partial charge on any atom is 0.314 e. The van der Waals surface area contributed by atoms with Gasteiger partial charge in [0.1, 0.15) is 5.84 Å². The summed E-state index contributed by atoms with van der Waals surface area (Å²) in [6, 6.07) is 25.1. The molecule has 5 nitrogen and oxygen atoms in total. The number of amides is 1. The maximum atomic E-state index is 12.2. The first-order valence-electron chi connectivity index (χ1n) is 15.7. The van der Waals surface area contributed by atoms with E-state index in [0.717, 1.165) is 36.0 Å². The van der Waals surface area contributed by atoms with E-state index in [9.17, 15) is 14.7 Å². The maximum absolute atomic E-state index is 12.2. The first kappa shape index (κ1) is 33.8. The Morgan fingerprint density at radius 1 is 0.907 bits per heavy atom.